The lowest BCUT2D eigenvalue weighted by atomic mass is 10.2. The third kappa shape index (κ3) is 4.39. The summed E-state index contributed by atoms with van der Waals surface area (Å²) in [7, 11) is 0. The van der Waals surface area contributed by atoms with E-state index >= 15 is 0 Å². The Hall–Kier alpha value is -2.73. The molecule has 2 aromatic rings. The number of halogens is 1. The second-order valence-electron chi connectivity index (χ2n) is 4.50. The number of aromatic hydroxyl groups is 1. The molecule has 0 aliphatic carbocycles. The third-order valence-corrected chi connectivity index (χ3v) is 2.88. The summed E-state index contributed by atoms with van der Waals surface area (Å²) in [6.07, 6.45) is 0. The first kappa shape index (κ1) is 15.7. The van der Waals surface area contributed by atoms with Crippen molar-refractivity contribution in [3.05, 3.63) is 47.5 Å². The fourth-order valence-electron chi connectivity index (χ4n) is 1.77. The maximum Gasteiger partial charge on any atom is 0.323 e. The van der Waals surface area contributed by atoms with E-state index in [1.165, 1.54) is 25.1 Å². The number of phenols is 1. The summed E-state index contributed by atoms with van der Waals surface area (Å²) in [5.41, 5.74) is 1.25. The van der Waals surface area contributed by atoms with Crippen molar-refractivity contribution >= 4 is 40.6 Å². The van der Waals surface area contributed by atoms with Crippen LogP contribution in [-0.4, -0.2) is 17.0 Å². The zero-order valence-corrected chi connectivity index (χ0v) is 12.4. The number of anilines is 3. The van der Waals surface area contributed by atoms with Crippen LogP contribution in [0.5, 0.6) is 5.75 Å². The van der Waals surface area contributed by atoms with E-state index in [2.05, 4.69) is 16.0 Å². The molecule has 0 aliphatic rings. The molecule has 2 aromatic carbocycles. The van der Waals surface area contributed by atoms with Crippen LogP contribution in [0.15, 0.2) is 42.5 Å². The molecule has 2 rings (SSSR count). The average Bonchev–Trinajstić information content (AvgIpc) is 2.42. The first-order valence-corrected chi connectivity index (χ1v) is 6.76. The Labute approximate surface area is 132 Å². The Morgan fingerprint density at radius 3 is 2.36 bits per heavy atom. The summed E-state index contributed by atoms with van der Waals surface area (Å²) in [6, 6.07) is 10.5. The lowest BCUT2D eigenvalue weighted by molar-refractivity contribution is -0.114. The Balaban J connectivity index is 2.05. The van der Waals surface area contributed by atoms with E-state index in [9.17, 15) is 14.7 Å². The highest BCUT2D eigenvalue weighted by atomic mass is 35.5. The number of rotatable bonds is 3. The topological polar surface area (TPSA) is 90.5 Å². The Morgan fingerprint density at radius 1 is 1.00 bits per heavy atom. The molecular formula is C15H14ClN3O3. The van der Waals surface area contributed by atoms with Crippen molar-refractivity contribution in [2.24, 2.45) is 0 Å². The number of urea groups is 1. The number of hydrogen-bond donors (Lipinski definition) is 4. The van der Waals surface area contributed by atoms with Gasteiger partial charge in [0, 0.05) is 23.3 Å². The van der Waals surface area contributed by atoms with Crippen molar-refractivity contribution in [3.8, 4) is 5.75 Å². The summed E-state index contributed by atoms with van der Waals surface area (Å²) < 4.78 is 0. The Morgan fingerprint density at radius 2 is 1.68 bits per heavy atom. The van der Waals surface area contributed by atoms with Gasteiger partial charge in [0.15, 0.2) is 0 Å². The van der Waals surface area contributed by atoms with Crippen LogP contribution < -0.4 is 16.0 Å². The van der Waals surface area contributed by atoms with Crippen LogP contribution in [0.25, 0.3) is 0 Å². The molecule has 0 fully saturated rings. The lowest BCUT2D eigenvalue weighted by Crippen LogP contribution is -2.19. The van der Waals surface area contributed by atoms with Gasteiger partial charge in [-0.3, -0.25) is 4.79 Å². The molecule has 0 unspecified atom stereocenters. The van der Waals surface area contributed by atoms with E-state index in [1.807, 2.05) is 0 Å². The summed E-state index contributed by atoms with van der Waals surface area (Å²) in [5, 5.41) is 17.7. The zero-order valence-electron chi connectivity index (χ0n) is 11.7. The molecule has 7 heteroatoms. The molecule has 0 heterocycles. The summed E-state index contributed by atoms with van der Waals surface area (Å²) >= 11 is 5.81. The number of carbonyl (C=O) groups excluding carboxylic acids is 2. The van der Waals surface area contributed by atoms with E-state index in [1.54, 1.807) is 24.3 Å². The minimum Gasteiger partial charge on any atom is -0.506 e. The standard InChI is InChI=1S/C15H14ClN3O3/c1-9(20)17-11-3-2-4-12(8-11)18-15(22)19-13-7-10(16)5-6-14(13)21/h2-8,21H,1H3,(H,17,20)(H2,18,19,22). The van der Waals surface area contributed by atoms with Crippen molar-refractivity contribution < 1.29 is 14.7 Å². The molecule has 0 atom stereocenters. The van der Waals surface area contributed by atoms with Crippen LogP contribution in [0, 0.1) is 0 Å². The molecule has 6 nitrogen and oxygen atoms in total. The minimum absolute atomic E-state index is 0.0912. The van der Waals surface area contributed by atoms with Gasteiger partial charge in [0.1, 0.15) is 5.75 Å². The molecule has 0 spiro atoms. The van der Waals surface area contributed by atoms with Crippen molar-refractivity contribution in [1.29, 1.82) is 0 Å². The number of amides is 3. The number of hydrogen-bond acceptors (Lipinski definition) is 3. The first-order valence-electron chi connectivity index (χ1n) is 6.38. The molecule has 3 amide bonds. The molecule has 4 N–H and O–H groups in total. The first-order chi connectivity index (χ1) is 10.4. The fourth-order valence-corrected chi connectivity index (χ4v) is 1.94. The Kier molecular flexibility index (Phi) is 4.85. The molecule has 22 heavy (non-hydrogen) atoms. The normalized spacial score (nSPS) is 9.91. The van der Waals surface area contributed by atoms with Gasteiger partial charge >= 0.3 is 6.03 Å². The predicted molar refractivity (Wildman–Crippen MR) is 86.5 cm³/mol. The highest BCUT2D eigenvalue weighted by Crippen LogP contribution is 2.26. The number of nitrogens with one attached hydrogen (secondary N) is 3. The summed E-state index contributed by atoms with van der Waals surface area (Å²) in [5.74, 6) is -0.294. The number of carbonyl (C=O) groups is 2. The molecule has 0 aliphatic heterocycles. The second-order valence-corrected chi connectivity index (χ2v) is 4.94. The SMILES string of the molecule is CC(=O)Nc1cccc(NC(=O)Nc2cc(Cl)ccc2O)c1. The third-order valence-electron chi connectivity index (χ3n) is 2.65. The van der Waals surface area contributed by atoms with Crippen LogP contribution in [0.1, 0.15) is 6.92 Å². The number of phenolic OH excluding ortho intramolecular Hbond substituents is 1. The second kappa shape index (κ2) is 6.82. The van der Waals surface area contributed by atoms with E-state index < -0.39 is 6.03 Å². The van der Waals surface area contributed by atoms with Gasteiger partial charge in [-0.25, -0.2) is 4.79 Å². The summed E-state index contributed by atoms with van der Waals surface area (Å²) in [4.78, 5) is 22.9. The van der Waals surface area contributed by atoms with E-state index in [0.29, 0.717) is 16.4 Å². The average molecular weight is 320 g/mol. The molecular weight excluding hydrogens is 306 g/mol. The van der Waals surface area contributed by atoms with Crippen LogP contribution in [0.4, 0.5) is 21.9 Å². The summed E-state index contributed by atoms with van der Waals surface area (Å²) in [6.45, 7) is 1.40. The largest absolute Gasteiger partial charge is 0.506 e. The molecule has 0 saturated carbocycles. The molecule has 0 aromatic heterocycles. The molecule has 0 bridgehead atoms. The van der Waals surface area contributed by atoms with Crippen LogP contribution >= 0.6 is 11.6 Å². The van der Waals surface area contributed by atoms with Crippen LogP contribution in [0.2, 0.25) is 5.02 Å². The van der Waals surface area contributed by atoms with Gasteiger partial charge in [-0.15, -0.1) is 0 Å². The quantitative estimate of drug-likeness (QED) is 0.651. The van der Waals surface area contributed by atoms with Crippen molar-refractivity contribution in [2.75, 3.05) is 16.0 Å². The number of benzene rings is 2. The minimum atomic E-state index is -0.544. The van der Waals surface area contributed by atoms with E-state index in [0.717, 1.165) is 0 Å². The van der Waals surface area contributed by atoms with E-state index in [-0.39, 0.29) is 17.3 Å². The van der Waals surface area contributed by atoms with Gasteiger partial charge in [0.05, 0.1) is 5.69 Å². The van der Waals surface area contributed by atoms with Gasteiger partial charge in [-0.1, -0.05) is 17.7 Å². The van der Waals surface area contributed by atoms with Gasteiger partial charge in [0.2, 0.25) is 5.91 Å². The molecule has 0 saturated heterocycles. The fraction of sp³-hybridized carbons (Fsp3) is 0.0667. The monoisotopic (exact) mass is 319 g/mol. The highest BCUT2D eigenvalue weighted by molar-refractivity contribution is 6.31. The van der Waals surface area contributed by atoms with Gasteiger partial charge in [0.25, 0.3) is 0 Å². The highest BCUT2D eigenvalue weighted by Gasteiger charge is 2.08. The van der Waals surface area contributed by atoms with Crippen molar-refractivity contribution in [3.63, 3.8) is 0 Å². The smallest absolute Gasteiger partial charge is 0.323 e. The van der Waals surface area contributed by atoms with Crippen molar-refractivity contribution in [2.45, 2.75) is 6.92 Å². The zero-order chi connectivity index (χ0) is 16.1. The van der Waals surface area contributed by atoms with E-state index in [4.69, 9.17) is 11.6 Å². The van der Waals surface area contributed by atoms with Gasteiger partial charge < -0.3 is 21.1 Å². The van der Waals surface area contributed by atoms with Crippen LogP contribution in [0.3, 0.4) is 0 Å². The van der Waals surface area contributed by atoms with Crippen LogP contribution in [-0.2, 0) is 4.79 Å². The predicted octanol–water partition coefficient (Wildman–Crippen LogP) is 3.65. The van der Waals surface area contributed by atoms with Gasteiger partial charge in [-0.05, 0) is 36.4 Å². The lowest BCUT2D eigenvalue weighted by Gasteiger charge is -2.10. The van der Waals surface area contributed by atoms with Crippen molar-refractivity contribution in [1.82, 2.24) is 0 Å². The molecule has 0 radical (unpaired) electrons. The van der Waals surface area contributed by atoms with Gasteiger partial charge in [-0.2, -0.15) is 0 Å². The maximum atomic E-state index is 11.9. The Bertz CT molecular complexity index is 719. The molecule has 114 valence electrons. The maximum absolute atomic E-state index is 11.9.